The number of hydrogen-bond acceptors (Lipinski definition) is 6. The van der Waals surface area contributed by atoms with Crippen LogP contribution in [0.25, 0.3) is 50.1 Å². The van der Waals surface area contributed by atoms with E-state index in [-0.39, 0.29) is 16.7 Å². The number of aromatic nitrogens is 7. The second kappa shape index (κ2) is 8.15. The van der Waals surface area contributed by atoms with Gasteiger partial charge >= 0.3 is 0 Å². The minimum absolute atomic E-state index is 0.0130. The van der Waals surface area contributed by atoms with Crippen molar-refractivity contribution in [3.63, 3.8) is 0 Å². The molecule has 0 radical (unpaired) electrons. The zero-order valence-corrected chi connectivity index (χ0v) is 19.0. The van der Waals surface area contributed by atoms with Crippen LogP contribution in [0.1, 0.15) is 5.82 Å². The number of imidazole rings is 1. The van der Waals surface area contributed by atoms with E-state index in [1.165, 1.54) is 18.7 Å². The molecule has 0 aliphatic rings. The summed E-state index contributed by atoms with van der Waals surface area (Å²) in [5.74, 6) is -0.779. The third-order valence-corrected chi connectivity index (χ3v) is 6.05. The topological polar surface area (TPSA) is 97.2 Å². The molecule has 178 valence electrons. The minimum Gasteiger partial charge on any atom is -0.371 e. The first-order valence-corrected chi connectivity index (χ1v) is 10.9. The number of pyridine rings is 2. The number of aryl methyl sites for hydroxylation is 1. The molecule has 0 bridgehead atoms. The summed E-state index contributed by atoms with van der Waals surface area (Å²) >= 11 is 0. The molecule has 0 amide bonds. The molecule has 0 saturated carbocycles. The summed E-state index contributed by atoms with van der Waals surface area (Å²) in [4.78, 5) is 17.0. The summed E-state index contributed by atoms with van der Waals surface area (Å²) in [6, 6.07) is 8.75. The Kier molecular flexibility index (Phi) is 4.92. The van der Waals surface area contributed by atoms with Crippen LogP contribution in [0, 0.1) is 24.4 Å². The van der Waals surface area contributed by atoms with E-state index >= 15 is 8.78 Å². The number of H-pyrrole nitrogens is 1. The number of fused-ring (bicyclic) bond motifs is 2. The maximum absolute atomic E-state index is 15.3. The fourth-order valence-corrected chi connectivity index (χ4v) is 4.47. The molecule has 2 N–H and O–H groups in total. The van der Waals surface area contributed by atoms with Crippen molar-refractivity contribution in [2.45, 2.75) is 6.92 Å². The molecule has 0 atom stereocenters. The average molecular weight is 486 g/mol. The molecule has 36 heavy (non-hydrogen) atoms. The summed E-state index contributed by atoms with van der Waals surface area (Å²) in [5, 5.41) is 9.52. The van der Waals surface area contributed by atoms with Gasteiger partial charge in [-0.3, -0.25) is 14.6 Å². The summed E-state index contributed by atoms with van der Waals surface area (Å²) in [6.07, 6.45) is 4.27. The van der Waals surface area contributed by atoms with Crippen LogP contribution in [0.4, 0.5) is 19.0 Å². The molecule has 0 aliphatic carbocycles. The zero-order chi connectivity index (χ0) is 25.0. The van der Waals surface area contributed by atoms with E-state index in [1.807, 2.05) is 0 Å². The number of halogens is 3. The normalized spacial score (nSPS) is 11.5. The van der Waals surface area contributed by atoms with Crippen molar-refractivity contribution in [2.24, 2.45) is 0 Å². The van der Waals surface area contributed by atoms with Crippen molar-refractivity contribution in [1.82, 2.24) is 34.7 Å². The predicted molar refractivity (Wildman–Crippen MR) is 129 cm³/mol. The van der Waals surface area contributed by atoms with Gasteiger partial charge in [0, 0.05) is 30.6 Å². The molecular weight excluding hydrogens is 469 g/mol. The van der Waals surface area contributed by atoms with E-state index in [4.69, 9.17) is 4.98 Å². The van der Waals surface area contributed by atoms with E-state index < -0.39 is 17.5 Å². The van der Waals surface area contributed by atoms with Crippen LogP contribution in [0.5, 0.6) is 0 Å². The van der Waals surface area contributed by atoms with E-state index in [0.717, 1.165) is 12.1 Å². The third-order valence-electron chi connectivity index (χ3n) is 6.05. The van der Waals surface area contributed by atoms with Crippen LogP contribution in [0.2, 0.25) is 0 Å². The number of rotatable bonds is 4. The molecule has 0 aliphatic heterocycles. The first kappa shape index (κ1) is 21.7. The van der Waals surface area contributed by atoms with Crippen molar-refractivity contribution in [2.75, 3.05) is 12.4 Å². The molecule has 4 aromatic heterocycles. The largest absolute Gasteiger partial charge is 0.371 e. The fourth-order valence-electron chi connectivity index (χ4n) is 4.47. The highest BCUT2D eigenvalue weighted by molar-refractivity contribution is 5.98. The third kappa shape index (κ3) is 3.20. The van der Waals surface area contributed by atoms with E-state index in [9.17, 15) is 4.39 Å². The van der Waals surface area contributed by atoms with Gasteiger partial charge in [-0.25, -0.2) is 28.1 Å². The van der Waals surface area contributed by atoms with Crippen molar-refractivity contribution >= 4 is 27.8 Å². The molecule has 8 nitrogen and oxygen atoms in total. The standard InChI is InChI=1S/C25H17F3N8/c1-12-34-22-15(24-32-11-33-35-24)9-13(14-5-7-31-25(29-2)21(14)28)10-19(22)36(12)18-6-8-30-23-17(27)4-3-16(26)20(18)23/h3-11H,1-2H3,(H,29,31)(H,32,33,35). The van der Waals surface area contributed by atoms with Crippen LogP contribution < -0.4 is 5.32 Å². The number of aromatic amines is 1. The van der Waals surface area contributed by atoms with Gasteiger partial charge in [0.15, 0.2) is 17.5 Å². The van der Waals surface area contributed by atoms with Gasteiger partial charge in [-0.2, -0.15) is 5.10 Å². The quantitative estimate of drug-likeness (QED) is 0.356. The maximum Gasteiger partial charge on any atom is 0.173 e. The van der Waals surface area contributed by atoms with Crippen LogP contribution in [-0.4, -0.2) is 41.7 Å². The van der Waals surface area contributed by atoms with Gasteiger partial charge in [-0.05, 0) is 48.9 Å². The monoisotopic (exact) mass is 486 g/mol. The van der Waals surface area contributed by atoms with Crippen molar-refractivity contribution < 1.29 is 13.2 Å². The molecule has 11 heteroatoms. The minimum atomic E-state index is -0.642. The first-order chi connectivity index (χ1) is 17.5. The average Bonchev–Trinajstić information content (AvgIpc) is 3.53. The van der Waals surface area contributed by atoms with Gasteiger partial charge < -0.3 is 5.32 Å². The first-order valence-electron chi connectivity index (χ1n) is 10.9. The Hall–Kier alpha value is -4.80. The predicted octanol–water partition coefficient (Wildman–Crippen LogP) is 5.19. The van der Waals surface area contributed by atoms with Gasteiger partial charge in [0.25, 0.3) is 0 Å². The number of nitrogens with zero attached hydrogens (tertiary/aromatic N) is 6. The van der Waals surface area contributed by atoms with Gasteiger partial charge in [0.05, 0.1) is 16.6 Å². The molecule has 6 aromatic rings. The Morgan fingerprint density at radius 1 is 0.889 bits per heavy atom. The van der Waals surface area contributed by atoms with E-state index in [2.05, 4.69) is 30.5 Å². The lowest BCUT2D eigenvalue weighted by atomic mass is 10.0. The summed E-state index contributed by atoms with van der Waals surface area (Å²) in [6.45, 7) is 1.75. The Morgan fingerprint density at radius 3 is 2.47 bits per heavy atom. The molecule has 0 unspecified atom stereocenters. The van der Waals surface area contributed by atoms with Crippen molar-refractivity contribution in [3.05, 3.63) is 78.4 Å². The molecule has 6 rings (SSSR count). The Bertz CT molecular complexity index is 1780. The zero-order valence-electron chi connectivity index (χ0n) is 19.0. The van der Waals surface area contributed by atoms with Crippen LogP contribution in [-0.2, 0) is 0 Å². The molecule has 0 saturated heterocycles. The molecule has 0 fully saturated rings. The summed E-state index contributed by atoms with van der Waals surface area (Å²) in [5.41, 5.74) is 2.68. The lowest BCUT2D eigenvalue weighted by molar-refractivity contribution is 0.615. The highest BCUT2D eigenvalue weighted by Crippen LogP contribution is 2.37. The second-order valence-corrected chi connectivity index (χ2v) is 8.07. The van der Waals surface area contributed by atoms with Gasteiger partial charge in [-0.1, -0.05) is 0 Å². The molecule has 2 aromatic carbocycles. The summed E-state index contributed by atoms with van der Waals surface area (Å²) < 4.78 is 46.5. The lowest BCUT2D eigenvalue weighted by Gasteiger charge is -2.13. The molecule has 4 heterocycles. The summed E-state index contributed by atoms with van der Waals surface area (Å²) in [7, 11) is 1.58. The van der Waals surface area contributed by atoms with Crippen LogP contribution in [0.15, 0.2) is 55.1 Å². The van der Waals surface area contributed by atoms with Crippen LogP contribution >= 0.6 is 0 Å². The Labute approximate surface area is 201 Å². The highest BCUT2D eigenvalue weighted by atomic mass is 19.1. The number of anilines is 1. The number of benzene rings is 2. The maximum atomic E-state index is 15.3. The SMILES string of the molecule is CNc1nccc(-c2cc(-c3ncn[nH]3)c3nc(C)n(-c4ccnc5c(F)ccc(F)c45)c3c2)c1F. The smallest absolute Gasteiger partial charge is 0.173 e. The van der Waals surface area contributed by atoms with Gasteiger partial charge in [-0.15, -0.1) is 0 Å². The molecule has 0 spiro atoms. The van der Waals surface area contributed by atoms with Crippen molar-refractivity contribution in [1.29, 1.82) is 0 Å². The van der Waals surface area contributed by atoms with Gasteiger partial charge in [0.1, 0.15) is 34.8 Å². The van der Waals surface area contributed by atoms with E-state index in [1.54, 1.807) is 42.8 Å². The second-order valence-electron chi connectivity index (χ2n) is 8.07. The number of nitrogens with one attached hydrogen (secondary N) is 2. The number of hydrogen-bond donors (Lipinski definition) is 2. The Balaban J connectivity index is 1.73. The van der Waals surface area contributed by atoms with Crippen LogP contribution in [0.3, 0.4) is 0 Å². The fraction of sp³-hybridized carbons (Fsp3) is 0.0800. The van der Waals surface area contributed by atoms with Gasteiger partial charge in [0.2, 0.25) is 0 Å². The molecular formula is C25H17F3N8. The lowest BCUT2D eigenvalue weighted by Crippen LogP contribution is -2.02. The highest BCUT2D eigenvalue weighted by Gasteiger charge is 2.22. The van der Waals surface area contributed by atoms with Crippen molar-refractivity contribution in [3.8, 4) is 28.2 Å². The van der Waals surface area contributed by atoms with E-state index in [0.29, 0.717) is 45.1 Å². The Morgan fingerprint density at radius 2 is 1.69 bits per heavy atom.